The Hall–Kier alpha value is -1.99. The van der Waals surface area contributed by atoms with E-state index in [4.69, 9.17) is 4.74 Å². The number of thioether (sulfide) groups is 1. The lowest BCUT2D eigenvalue weighted by molar-refractivity contribution is 0.0527. The summed E-state index contributed by atoms with van der Waals surface area (Å²) in [6, 6.07) is 13.1. The molecule has 0 aromatic heterocycles. The van der Waals surface area contributed by atoms with E-state index in [9.17, 15) is 13.2 Å². The normalized spacial score (nSPS) is 11.1. The highest BCUT2D eigenvalue weighted by Gasteiger charge is 2.25. The van der Waals surface area contributed by atoms with Crippen molar-refractivity contribution in [1.82, 2.24) is 0 Å². The summed E-state index contributed by atoms with van der Waals surface area (Å²) in [6.07, 6.45) is 1.92. The van der Waals surface area contributed by atoms with Gasteiger partial charge in [-0.15, -0.1) is 11.8 Å². The van der Waals surface area contributed by atoms with Crippen LogP contribution in [0.15, 0.2) is 58.3 Å². The Morgan fingerprint density at radius 1 is 1.12 bits per heavy atom. The first-order valence-corrected chi connectivity index (χ1v) is 9.97. The smallest absolute Gasteiger partial charge is 0.340 e. The zero-order valence-corrected chi connectivity index (χ0v) is 15.4. The lowest BCUT2D eigenvalue weighted by Crippen LogP contribution is -2.28. The van der Waals surface area contributed by atoms with Crippen molar-refractivity contribution in [2.24, 2.45) is 0 Å². The van der Waals surface area contributed by atoms with Crippen LogP contribution < -0.4 is 4.31 Å². The maximum Gasteiger partial charge on any atom is 0.340 e. The fraction of sp³-hybridized carbons (Fsp3) is 0.235. The zero-order chi connectivity index (χ0) is 17.7. The maximum atomic E-state index is 12.8. The van der Waals surface area contributed by atoms with Crippen LogP contribution in [0.1, 0.15) is 17.3 Å². The van der Waals surface area contributed by atoms with Gasteiger partial charge in [-0.1, -0.05) is 12.1 Å². The van der Waals surface area contributed by atoms with E-state index in [1.165, 1.54) is 18.8 Å². The molecule has 5 nitrogen and oxygen atoms in total. The van der Waals surface area contributed by atoms with E-state index in [2.05, 4.69) is 0 Å². The van der Waals surface area contributed by atoms with E-state index >= 15 is 0 Å². The average Bonchev–Trinajstić information content (AvgIpc) is 2.61. The van der Waals surface area contributed by atoms with Crippen LogP contribution in [0.4, 0.5) is 5.69 Å². The number of anilines is 1. The molecule has 0 spiro atoms. The molecule has 0 heterocycles. The minimum Gasteiger partial charge on any atom is -0.462 e. The molecular weight excluding hydrogens is 346 g/mol. The molecule has 0 radical (unpaired) electrons. The van der Waals surface area contributed by atoms with Crippen molar-refractivity contribution in [3.63, 3.8) is 0 Å². The van der Waals surface area contributed by atoms with Crippen molar-refractivity contribution < 1.29 is 17.9 Å². The van der Waals surface area contributed by atoms with E-state index in [0.29, 0.717) is 0 Å². The Kier molecular flexibility index (Phi) is 5.90. The van der Waals surface area contributed by atoms with Gasteiger partial charge in [0.15, 0.2) is 0 Å². The number of ether oxygens (including phenoxy) is 1. The molecule has 0 N–H and O–H groups in total. The quantitative estimate of drug-likeness (QED) is 0.580. The van der Waals surface area contributed by atoms with Gasteiger partial charge in [0.05, 0.1) is 22.8 Å². The predicted octanol–water partition coefficient (Wildman–Crippen LogP) is 3.41. The van der Waals surface area contributed by atoms with Gasteiger partial charge in [0.1, 0.15) is 0 Å². The maximum absolute atomic E-state index is 12.8. The zero-order valence-electron chi connectivity index (χ0n) is 13.7. The van der Waals surface area contributed by atoms with Gasteiger partial charge in [-0.3, -0.25) is 4.31 Å². The van der Waals surface area contributed by atoms with Gasteiger partial charge in [-0.05, 0) is 49.6 Å². The van der Waals surface area contributed by atoms with Crippen LogP contribution in [0.25, 0.3) is 0 Å². The van der Waals surface area contributed by atoms with Crippen LogP contribution in [0.5, 0.6) is 0 Å². The second-order valence-corrected chi connectivity index (χ2v) is 7.73. The second kappa shape index (κ2) is 7.72. The number of carbonyl (C=O) groups is 1. The van der Waals surface area contributed by atoms with Gasteiger partial charge in [-0.25, -0.2) is 13.2 Å². The molecule has 2 aromatic carbocycles. The molecule has 0 amide bonds. The summed E-state index contributed by atoms with van der Waals surface area (Å²) in [6.45, 7) is 1.92. The number of nitrogens with zero attached hydrogens (tertiary/aromatic N) is 1. The molecule has 0 saturated heterocycles. The fourth-order valence-corrected chi connectivity index (χ4v) is 3.79. The highest BCUT2D eigenvalue weighted by molar-refractivity contribution is 7.98. The van der Waals surface area contributed by atoms with Crippen LogP contribution in [0, 0.1) is 0 Å². The van der Waals surface area contributed by atoms with Crippen LogP contribution in [0.3, 0.4) is 0 Å². The summed E-state index contributed by atoms with van der Waals surface area (Å²) in [7, 11) is -2.35. The first-order valence-electron chi connectivity index (χ1n) is 7.31. The molecule has 0 aliphatic carbocycles. The summed E-state index contributed by atoms with van der Waals surface area (Å²) in [5.41, 5.74) is 0.496. The number of rotatable bonds is 6. The van der Waals surface area contributed by atoms with Crippen molar-refractivity contribution in [3.05, 3.63) is 54.1 Å². The van der Waals surface area contributed by atoms with Crippen molar-refractivity contribution in [1.29, 1.82) is 0 Å². The molecule has 7 heteroatoms. The van der Waals surface area contributed by atoms with E-state index in [1.54, 1.807) is 55.5 Å². The molecule has 0 aliphatic heterocycles. The third kappa shape index (κ3) is 3.73. The van der Waals surface area contributed by atoms with Crippen LogP contribution in [0.2, 0.25) is 0 Å². The Morgan fingerprint density at radius 3 is 2.33 bits per heavy atom. The number of carbonyl (C=O) groups excluding carboxylic acids is 1. The van der Waals surface area contributed by atoms with E-state index in [0.717, 1.165) is 9.20 Å². The molecule has 0 saturated carbocycles. The summed E-state index contributed by atoms with van der Waals surface area (Å²) >= 11 is 1.54. The molecule has 0 fully saturated rings. The summed E-state index contributed by atoms with van der Waals surface area (Å²) in [4.78, 5) is 13.2. The SMILES string of the molecule is CCOC(=O)c1ccccc1N(C)S(=O)(=O)c1ccc(SC)cc1. The van der Waals surface area contributed by atoms with Gasteiger partial charge in [-0.2, -0.15) is 0 Å². The van der Waals surface area contributed by atoms with Gasteiger partial charge >= 0.3 is 5.97 Å². The Morgan fingerprint density at radius 2 is 1.75 bits per heavy atom. The average molecular weight is 365 g/mol. The largest absolute Gasteiger partial charge is 0.462 e. The standard InChI is InChI=1S/C17H19NO4S2/c1-4-22-17(19)15-7-5-6-8-16(15)18(2)24(20,21)14-11-9-13(23-3)10-12-14/h5-12H,4H2,1-3H3. The molecular formula is C17H19NO4S2. The summed E-state index contributed by atoms with van der Waals surface area (Å²) < 4.78 is 31.8. The van der Waals surface area contributed by atoms with Crippen LogP contribution in [-0.2, 0) is 14.8 Å². The molecule has 24 heavy (non-hydrogen) atoms. The van der Waals surface area contributed by atoms with Gasteiger partial charge in [0.25, 0.3) is 10.0 Å². The van der Waals surface area contributed by atoms with Crippen molar-refractivity contribution in [3.8, 4) is 0 Å². The van der Waals surface area contributed by atoms with E-state index < -0.39 is 16.0 Å². The third-order valence-corrected chi connectivity index (χ3v) is 5.99. The summed E-state index contributed by atoms with van der Waals surface area (Å²) in [5.74, 6) is -0.548. The first-order chi connectivity index (χ1) is 11.4. The van der Waals surface area contributed by atoms with Crippen molar-refractivity contribution >= 4 is 33.4 Å². The minimum atomic E-state index is -3.77. The lowest BCUT2D eigenvalue weighted by atomic mass is 10.2. The van der Waals surface area contributed by atoms with E-state index in [-0.39, 0.29) is 22.8 Å². The molecule has 2 rings (SSSR count). The van der Waals surface area contributed by atoms with Crippen molar-refractivity contribution in [2.45, 2.75) is 16.7 Å². The molecule has 0 aliphatic rings. The monoisotopic (exact) mass is 365 g/mol. The Balaban J connectivity index is 2.43. The lowest BCUT2D eigenvalue weighted by Gasteiger charge is -2.21. The number of hydrogen-bond donors (Lipinski definition) is 0. The summed E-state index contributed by atoms with van der Waals surface area (Å²) in [5, 5.41) is 0. The molecule has 0 unspecified atom stereocenters. The third-order valence-electron chi connectivity index (χ3n) is 3.46. The van der Waals surface area contributed by atoms with Gasteiger partial charge < -0.3 is 4.74 Å². The van der Waals surface area contributed by atoms with E-state index in [1.807, 2.05) is 6.26 Å². The molecule has 0 bridgehead atoms. The second-order valence-electron chi connectivity index (χ2n) is 4.89. The predicted molar refractivity (Wildman–Crippen MR) is 96.2 cm³/mol. The Labute approximate surface area is 146 Å². The van der Waals surface area contributed by atoms with Crippen molar-refractivity contribution in [2.75, 3.05) is 24.2 Å². The van der Waals surface area contributed by atoms with Crippen LogP contribution >= 0.6 is 11.8 Å². The number of sulfonamides is 1. The number of para-hydroxylation sites is 1. The van der Waals surface area contributed by atoms with Crippen LogP contribution in [-0.4, -0.2) is 34.3 Å². The highest BCUT2D eigenvalue weighted by atomic mass is 32.2. The first kappa shape index (κ1) is 18.4. The Bertz CT molecular complexity index is 817. The fourth-order valence-electron chi connectivity index (χ4n) is 2.16. The molecule has 0 atom stereocenters. The van der Waals surface area contributed by atoms with Gasteiger partial charge in [0.2, 0.25) is 0 Å². The molecule has 128 valence electrons. The number of esters is 1. The number of hydrogen-bond acceptors (Lipinski definition) is 5. The number of benzene rings is 2. The van der Waals surface area contributed by atoms with Gasteiger partial charge in [0, 0.05) is 11.9 Å². The highest BCUT2D eigenvalue weighted by Crippen LogP contribution is 2.27. The minimum absolute atomic E-state index is 0.168. The molecule has 2 aromatic rings. The topological polar surface area (TPSA) is 63.7 Å².